The van der Waals surface area contributed by atoms with Crippen molar-refractivity contribution in [3.8, 4) is 33.5 Å². The molecule has 2 aromatic carbocycles. The number of methoxy groups -OCH3 is 1. The molecule has 4 rings (SSSR count). The molecule has 0 aliphatic heterocycles. The molecule has 0 bridgehead atoms. The predicted molar refractivity (Wildman–Crippen MR) is 113 cm³/mol. The first-order valence-electron chi connectivity index (χ1n) is 8.36. The summed E-state index contributed by atoms with van der Waals surface area (Å²) >= 11 is 14.0. The van der Waals surface area contributed by atoms with E-state index < -0.39 is 5.97 Å². The third-order valence-electron chi connectivity index (χ3n) is 4.15. The van der Waals surface area contributed by atoms with Gasteiger partial charge in [-0.15, -0.1) is 11.3 Å². The summed E-state index contributed by atoms with van der Waals surface area (Å²) < 4.78 is 6.04. The molecule has 0 unspecified atom stereocenters. The standard InChI is InChI=1S/C20H13Cl2N3O3S/c1-28-19(27)12-7-13(21)18(14(22)8-12)16-10-29-20(23-16)25-17(26)9-15(24-25)11-5-3-2-4-6-11/h2-10,26H,1H3. The lowest BCUT2D eigenvalue weighted by molar-refractivity contribution is 0.0600. The second-order valence-corrected chi connectivity index (χ2v) is 7.64. The van der Waals surface area contributed by atoms with Gasteiger partial charge in [0, 0.05) is 22.6 Å². The molecule has 6 nitrogen and oxygen atoms in total. The lowest BCUT2D eigenvalue weighted by Crippen LogP contribution is -2.01. The molecule has 1 N–H and O–H groups in total. The monoisotopic (exact) mass is 445 g/mol. The molecular formula is C20H13Cl2N3O3S. The molecule has 4 aromatic rings. The molecular weight excluding hydrogens is 433 g/mol. The van der Waals surface area contributed by atoms with Gasteiger partial charge in [0.2, 0.25) is 11.0 Å². The van der Waals surface area contributed by atoms with Crippen LogP contribution in [0.5, 0.6) is 5.88 Å². The van der Waals surface area contributed by atoms with Crippen LogP contribution < -0.4 is 0 Å². The SMILES string of the molecule is COC(=O)c1cc(Cl)c(-c2csc(-n3nc(-c4ccccc4)cc3O)n2)c(Cl)c1. The number of benzene rings is 2. The summed E-state index contributed by atoms with van der Waals surface area (Å²) in [5.74, 6) is -0.572. The van der Waals surface area contributed by atoms with Gasteiger partial charge in [0.05, 0.1) is 34.1 Å². The molecule has 2 aromatic heterocycles. The number of hydrogen-bond donors (Lipinski definition) is 1. The Bertz CT molecular complexity index is 1180. The maximum absolute atomic E-state index is 11.7. The highest BCUT2D eigenvalue weighted by Gasteiger charge is 2.19. The van der Waals surface area contributed by atoms with Gasteiger partial charge >= 0.3 is 5.97 Å². The molecule has 0 saturated carbocycles. The zero-order valence-corrected chi connectivity index (χ0v) is 17.3. The van der Waals surface area contributed by atoms with Gasteiger partial charge in [-0.25, -0.2) is 9.78 Å². The number of nitrogens with zero attached hydrogens (tertiary/aromatic N) is 3. The number of ether oxygens (including phenoxy) is 1. The van der Waals surface area contributed by atoms with E-state index in [0.717, 1.165) is 5.56 Å². The first-order chi connectivity index (χ1) is 14.0. The number of rotatable bonds is 4. The van der Waals surface area contributed by atoms with Crippen molar-refractivity contribution in [2.75, 3.05) is 7.11 Å². The number of aromatic nitrogens is 3. The number of hydrogen-bond acceptors (Lipinski definition) is 6. The number of carbonyl (C=O) groups excluding carboxylic acids is 1. The van der Waals surface area contributed by atoms with E-state index in [1.807, 2.05) is 30.3 Å². The molecule has 0 radical (unpaired) electrons. The molecule has 146 valence electrons. The lowest BCUT2D eigenvalue weighted by atomic mass is 10.1. The van der Waals surface area contributed by atoms with Crippen molar-refractivity contribution in [2.45, 2.75) is 0 Å². The van der Waals surface area contributed by atoms with Gasteiger partial charge in [0.25, 0.3) is 0 Å². The minimum atomic E-state index is -0.533. The van der Waals surface area contributed by atoms with Gasteiger partial charge in [-0.05, 0) is 12.1 Å². The van der Waals surface area contributed by atoms with Crippen LogP contribution >= 0.6 is 34.5 Å². The smallest absolute Gasteiger partial charge is 0.337 e. The second kappa shape index (κ2) is 7.87. The van der Waals surface area contributed by atoms with Crippen molar-refractivity contribution < 1.29 is 14.6 Å². The van der Waals surface area contributed by atoms with Crippen LogP contribution in [0.2, 0.25) is 10.0 Å². The highest BCUT2D eigenvalue weighted by Crippen LogP contribution is 2.37. The average Bonchev–Trinajstić information content (AvgIpc) is 3.34. The minimum absolute atomic E-state index is 0.0389. The molecule has 0 aliphatic rings. The van der Waals surface area contributed by atoms with E-state index in [2.05, 4.69) is 10.1 Å². The van der Waals surface area contributed by atoms with E-state index >= 15 is 0 Å². The average molecular weight is 446 g/mol. The van der Waals surface area contributed by atoms with E-state index in [1.54, 1.807) is 11.4 Å². The van der Waals surface area contributed by atoms with Gasteiger partial charge in [0.1, 0.15) is 0 Å². The maximum Gasteiger partial charge on any atom is 0.337 e. The molecule has 0 saturated heterocycles. The molecule has 0 atom stereocenters. The fourth-order valence-electron chi connectivity index (χ4n) is 2.79. The van der Waals surface area contributed by atoms with Gasteiger partial charge in [-0.2, -0.15) is 9.78 Å². The van der Waals surface area contributed by atoms with E-state index in [0.29, 0.717) is 22.1 Å². The van der Waals surface area contributed by atoms with E-state index in [4.69, 9.17) is 27.9 Å². The van der Waals surface area contributed by atoms with Gasteiger partial charge in [-0.3, -0.25) is 0 Å². The number of aromatic hydroxyl groups is 1. The Hall–Kier alpha value is -2.87. The third-order valence-corrected chi connectivity index (χ3v) is 5.57. The molecule has 0 spiro atoms. The summed E-state index contributed by atoms with van der Waals surface area (Å²) in [4.78, 5) is 16.2. The van der Waals surface area contributed by atoms with Crippen LogP contribution in [0.25, 0.3) is 27.6 Å². The summed E-state index contributed by atoms with van der Waals surface area (Å²) in [6.45, 7) is 0. The summed E-state index contributed by atoms with van der Waals surface area (Å²) in [6.07, 6.45) is 0. The van der Waals surface area contributed by atoms with E-state index in [9.17, 15) is 9.90 Å². The van der Waals surface area contributed by atoms with Crippen LogP contribution in [-0.4, -0.2) is 33.0 Å². The highest BCUT2D eigenvalue weighted by atomic mass is 35.5. The molecule has 0 amide bonds. The van der Waals surface area contributed by atoms with Crippen molar-refractivity contribution in [3.05, 3.63) is 69.5 Å². The van der Waals surface area contributed by atoms with Crippen LogP contribution in [0, 0.1) is 0 Å². The topological polar surface area (TPSA) is 77.2 Å². The summed E-state index contributed by atoms with van der Waals surface area (Å²) in [6, 6.07) is 14.0. The second-order valence-electron chi connectivity index (χ2n) is 5.99. The Morgan fingerprint density at radius 2 is 1.79 bits per heavy atom. The number of thiazole rings is 1. The van der Waals surface area contributed by atoms with Gasteiger partial charge < -0.3 is 9.84 Å². The van der Waals surface area contributed by atoms with Crippen molar-refractivity contribution in [2.24, 2.45) is 0 Å². The maximum atomic E-state index is 11.7. The Kier molecular flexibility index (Phi) is 5.27. The molecule has 9 heteroatoms. The quantitative estimate of drug-likeness (QED) is 0.421. The van der Waals surface area contributed by atoms with Crippen LogP contribution in [-0.2, 0) is 4.74 Å². The fraction of sp³-hybridized carbons (Fsp3) is 0.0500. The largest absolute Gasteiger partial charge is 0.493 e. The number of esters is 1. The van der Waals surface area contributed by atoms with Crippen molar-refractivity contribution in [1.29, 1.82) is 0 Å². The third kappa shape index (κ3) is 3.72. The van der Waals surface area contributed by atoms with Crippen LogP contribution in [0.15, 0.2) is 53.9 Å². The zero-order valence-electron chi connectivity index (χ0n) is 15.0. The molecule has 29 heavy (non-hydrogen) atoms. The first-order valence-corrected chi connectivity index (χ1v) is 9.99. The summed E-state index contributed by atoms with van der Waals surface area (Å²) in [5, 5.41) is 17.5. The Balaban J connectivity index is 1.72. The zero-order chi connectivity index (χ0) is 20.5. The fourth-order valence-corrected chi connectivity index (χ4v) is 4.25. The highest BCUT2D eigenvalue weighted by molar-refractivity contribution is 7.12. The molecule has 0 aliphatic carbocycles. The van der Waals surface area contributed by atoms with Crippen molar-refractivity contribution in [3.63, 3.8) is 0 Å². The summed E-state index contributed by atoms with van der Waals surface area (Å²) in [7, 11) is 1.28. The van der Waals surface area contributed by atoms with Gasteiger partial charge in [-0.1, -0.05) is 53.5 Å². The Labute approximate surface area is 179 Å². The van der Waals surface area contributed by atoms with Crippen molar-refractivity contribution >= 4 is 40.5 Å². The minimum Gasteiger partial charge on any atom is -0.493 e. The van der Waals surface area contributed by atoms with E-state index in [-0.39, 0.29) is 21.5 Å². The molecule has 0 fully saturated rings. The van der Waals surface area contributed by atoms with Crippen LogP contribution in [0.3, 0.4) is 0 Å². The molecule has 2 heterocycles. The number of carbonyl (C=O) groups is 1. The predicted octanol–water partition coefficient (Wildman–Crippen LogP) is 5.46. The van der Waals surface area contributed by atoms with Crippen LogP contribution in [0.1, 0.15) is 10.4 Å². The van der Waals surface area contributed by atoms with Gasteiger partial charge in [0.15, 0.2) is 0 Å². The lowest BCUT2D eigenvalue weighted by Gasteiger charge is -2.07. The normalized spacial score (nSPS) is 10.9. The van der Waals surface area contributed by atoms with E-state index in [1.165, 1.54) is 35.3 Å². The first kappa shape index (κ1) is 19.4. The Morgan fingerprint density at radius 3 is 2.45 bits per heavy atom. The summed E-state index contributed by atoms with van der Waals surface area (Å²) in [5.41, 5.74) is 2.74. The van der Waals surface area contributed by atoms with Crippen molar-refractivity contribution in [1.82, 2.24) is 14.8 Å². The Morgan fingerprint density at radius 1 is 1.10 bits per heavy atom. The van der Waals surface area contributed by atoms with Crippen LogP contribution in [0.4, 0.5) is 0 Å². The number of halogens is 2.